The summed E-state index contributed by atoms with van der Waals surface area (Å²) in [7, 11) is -8.16. The average Bonchev–Trinajstić information content (AvgIpc) is 2.70. The Balaban J connectivity index is 1.75. The monoisotopic (exact) mass is 538 g/mol. The lowest BCUT2D eigenvalue weighted by atomic mass is 10.2. The largest absolute Gasteiger partial charge is 0.416 e. The van der Waals surface area contributed by atoms with Crippen LogP contribution in [0.1, 0.15) is 11.1 Å². The first-order chi connectivity index (χ1) is 15.3. The fraction of sp³-hybridized carbons (Fsp3) is 0.100. The summed E-state index contributed by atoms with van der Waals surface area (Å²) >= 11 is 12.0. The maximum atomic E-state index is 12.8. The molecule has 33 heavy (non-hydrogen) atoms. The number of sulfonamides is 2. The highest BCUT2D eigenvalue weighted by molar-refractivity contribution is 7.92. The lowest BCUT2D eigenvalue weighted by molar-refractivity contribution is -0.137. The molecule has 0 saturated heterocycles. The first kappa shape index (κ1) is 25.2. The van der Waals surface area contributed by atoms with Gasteiger partial charge in [0.1, 0.15) is 0 Å². The molecule has 0 amide bonds. The van der Waals surface area contributed by atoms with E-state index >= 15 is 0 Å². The van der Waals surface area contributed by atoms with Gasteiger partial charge in [-0.2, -0.15) is 13.2 Å². The highest BCUT2D eigenvalue weighted by Crippen LogP contribution is 2.31. The molecule has 13 heteroatoms. The van der Waals surface area contributed by atoms with Crippen molar-refractivity contribution < 1.29 is 30.0 Å². The Labute approximate surface area is 198 Å². The third-order valence-electron chi connectivity index (χ3n) is 4.28. The van der Waals surface area contributed by atoms with E-state index < -0.39 is 37.5 Å². The third kappa shape index (κ3) is 6.53. The molecule has 0 heterocycles. The van der Waals surface area contributed by atoms with Gasteiger partial charge in [-0.3, -0.25) is 9.44 Å². The van der Waals surface area contributed by atoms with E-state index in [-0.39, 0.29) is 31.9 Å². The molecule has 0 fully saturated rings. The number of nitrogens with one attached hydrogen (secondary N) is 2. The smallest absolute Gasteiger partial charge is 0.283 e. The first-order valence-electron chi connectivity index (χ1n) is 9.00. The van der Waals surface area contributed by atoms with Crippen molar-refractivity contribution >= 4 is 54.6 Å². The van der Waals surface area contributed by atoms with E-state index in [1.165, 1.54) is 30.3 Å². The average molecular weight is 539 g/mol. The first-order valence-corrected chi connectivity index (χ1v) is 12.9. The van der Waals surface area contributed by atoms with Crippen molar-refractivity contribution in [2.75, 3.05) is 9.44 Å². The van der Waals surface area contributed by atoms with Gasteiger partial charge >= 0.3 is 6.18 Å². The molecule has 176 valence electrons. The number of halogens is 5. The molecule has 2 N–H and O–H groups in total. The zero-order valence-electron chi connectivity index (χ0n) is 16.4. The van der Waals surface area contributed by atoms with Crippen LogP contribution in [0.4, 0.5) is 24.5 Å². The molecule has 3 aromatic carbocycles. The molecule has 6 nitrogen and oxygen atoms in total. The number of hydrogen-bond donors (Lipinski definition) is 2. The van der Waals surface area contributed by atoms with Crippen LogP contribution in [0, 0.1) is 0 Å². The zero-order chi connectivity index (χ0) is 24.4. The van der Waals surface area contributed by atoms with Crippen LogP contribution in [0.5, 0.6) is 0 Å². The Kier molecular flexibility index (Phi) is 7.18. The summed E-state index contributed by atoms with van der Waals surface area (Å²) in [6, 6.07) is 12.9. The van der Waals surface area contributed by atoms with Crippen LogP contribution >= 0.6 is 23.2 Å². The zero-order valence-corrected chi connectivity index (χ0v) is 19.5. The van der Waals surface area contributed by atoms with Crippen LogP contribution in [0.3, 0.4) is 0 Å². The topological polar surface area (TPSA) is 92.3 Å². The number of alkyl halides is 3. The minimum Gasteiger partial charge on any atom is -0.283 e. The van der Waals surface area contributed by atoms with E-state index in [1.54, 1.807) is 6.07 Å². The third-order valence-corrected chi connectivity index (χ3v) is 7.60. The van der Waals surface area contributed by atoms with Gasteiger partial charge in [-0.15, -0.1) is 0 Å². The Bertz CT molecular complexity index is 1360. The van der Waals surface area contributed by atoms with Crippen molar-refractivity contribution in [3.63, 3.8) is 0 Å². The highest BCUT2D eigenvalue weighted by Gasteiger charge is 2.30. The van der Waals surface area contributed by atoms with Crippen molar-refractivity contribution in [1.29, 1.82) is 0 Å². The fourth-order valence-electron chi connectivity index (χ4n) is 2.75. The number of anilines is 2. The maximum absolute atomic E-state index is 12.8. The second-order valence-corrected chi connectivity index (χ2v) is 11.0. The fourth-order valence-corrected chi connectivity index (χ4v) is 5.75. The summed E-state index contributed by atoms with van der Waals surface area (Å²) < 4.78 is 92.8. The van der Waals surface area contributed by atoms with Crippen molar-refractivity contribution in [3.05, 3.63) is 87.9 Å². The standard InChI is InChI=1S/C20H15Cl2F3N2O4S2/c21-18-5-2-6-19(22)17(18)12-32(28,29)26-14-7-9-16(10-8-14)33(30,31)27-15-4-1-3-13(11-15)20(23,24)25/h1-11,26-27H,12H2. The Morgan fingerprint density at radius 3 is 1.91 bits per heavy atom. The molecule has 0 aliphatic carbocycles. The predicted molar refractivity (Wildman–Crippen MR) is 121 cm³/mol. The van der Waals surface area contributed by atoms with Crippen LogP contribution in [-0.2, 0) is 32.0 Å². The van der Waals surface area contributed by atoms with Gasteiger partial charge in [-0.05, 0) is 54.6 Å². The normalized spacial score (nSPS) is 12.4. The summed E-state index contributed by atoms with van der Waals surface area (Å²) in [5, 5.41) is 0.352. The van der Waals surface area contributed by atoms with Gasteiger partial charge in [0.05, 0.1) is 16.2 Å². The van der Waals surface area contributed by atoms with E-state index in [2.05, 4.69) is 9.44 Å². The van der Waals surface area contributed by atoms with Crippen LogP contribution in [-0.4, -0.2) is 16.8 Å². The molecule has 0 radical (unpaired) electrons. The van der Waals surface area contributed by atoms with E-state index in [0.717, 1.165) is 24.3 Å². The number of hydrogen-bond acceptors (Lipinski definition) is 4. The Morgan fingerprint density at radius 2 is 1.33 bits per heavy atom. The van der Waals surface area contributed by atoms with Gasteiger partial charge in [0.25, 0.3) is 10.0 Å². The molecule has 0 unspecified atom stereocenters. The van der Waals surface area contributed by atoms with Crippen LogP contribution in [0.25, 0.3) is 0 Å². The summed E-state index contributed by atoms with van der Waals surface area (Å²) in [4.78, 5) is -0.281. The molecule has 0 saturated carbocycles. The van der Waals surface area contributed by atoms with E-state index in [9.17, 15) is 30.0 Å². The highest BCUT2D eigenvalue weighted by atomic mass is 35.5. The quantitative estimate of drug-likeness (QED) is 0.400. The second-order valence-electron chi connectivity index (χ2n) is 6.77. The minimum absolute atomic E-state index is 0.0659. The molecular weight excluding hydrogens is 524 g/mol. The predicted octanol–water partition coefficient (Wildman–Crippen LogP) is 5.75. The Morgan fingerprint density at radius 1 is 0.758 bits per heavy atom. The lowest BCUT2D eigenvalue weighted by Crippen LogP contribution is -2.16. The molecule has 0 aromatic heterocycles. The van der Waals surface area contributed by atoms with Crippen molar-refractivity contribution in [2.45, 2.75) is 16.8 Å². The summed E-state index contributed by atoms with van der Waals surface area (Å²) in [6.45, 7) is 0. The van der Waals surface area contributed by atoms with Gasteiger partial charge in [0.2, 0.25) is 10.0 Å². The van der Waals surface area contributed by atoms with Crippen molar-refractivity contribution in [2.24, 2.45) is 0 Å². The molecule has 0 atom stereocenters. The molecule has 0 bridgehead atoms. The Hall–Kier alpha value is -2.47. The van der Waals surface area contributed by atoms with Crippen LogP contribution < -0.4 is 9.44 Å². The van der Waals surface area contributed by atoms with E-state index in [4.69, 9.17) is 23.2 Å². The van der Waals surface area contributed by atoms with Crippen LogP contribution in [0.15, 0.2) is 71.6 Å². The lowest BCUT2D eigenvalue weighted by Gasteiger charge is -2.13. The van der Waals surface area contributed by atoms with Gasteiger partial charge in [-0.25, -0.2) is 16.8 Å². The van der Waals surface area contributed by atoms with Crippen molar-refractivity contribution in [1.82, 2.24) is 0 Å². The molecular formula is C20H15Cl2F3N2O4S2. The van der Waals surface area contributed by atoms with Gasteiger partial charge in [0.15, 0.2) is 0 Å². The summed E-state index contributed by atoms with van der Waals surface area (Å²) in [5.74, 6) is -0.511. The summed E-state index contributed by atoms with van der Waals surface area (Å²) in [6.07, 6.45) is -4.63. The molecule has 3 aromatic rings. The minimum atomic E-state index is -4.63. The van der Waals surface area contributed by atoms with Crippen LogP contribution in [0.2, 0.25) is 10.0 Å². The SMILES string of the molecule is O=S(=O)(Cc1c(Cl)cccc1Cl)Nc1ccc(S(=O)(=O)Nc2cccc(C(F)(F)F)c2)cc1. The second kappa shape index (κ2) is 9.41. The van der Waals surface area contributed by atoms with Gasteiger partial charge in [-0.1, -0.05) is 35.3 Å². The molecule has 0 aliphatic rings. The van der Waals surface area contributed by atoms with Gasteiger partial charge in [0, 0.05) is 27.0 Å². The maximum Gasteiger partial charge on any atom is 0.416 e. The van der Waals surface area contributed by atoms with E-state index in [0.29, 0.717) is 6.07 Å². The van der Waals surface area contributed by atoms with Crippen molar-refractivity contribution in [3.8, 4) is 0 Å². The number of rotatable bonds is 7. The molecule has 0 spiro atoms. The summed E-state index contributed by atoms with van der Waals surface area (Å²) in [5.41, 5.74) is -1.01. The molecule has 3 rings (SSSR count). The van der Waals surface area contributed by atoms with E-state index in [1.807, 2.05) is 0 Å². The number of benzene rings is 3. The molecule has 0 aliphatic heterocycles. The van der Waals surface area contributed by atoms with Gasteiger partial charge < -0.3 is 0 Å².